The van der Waals surface area contributed by atoms with E-state index in [1.165, 1.54) is 70.6 Å². The molecule has 0 N–H and O–H groups in total. The fourth-order valence-electron chi connectivity index (χ4n) is 4.93. The summed E-state index contributed by atoms with van der Waals surface area (Å²) in [6.07, 6.45) is 39.0. The van der Waals surface area contributed by atoms with Crippen molar-refractivity contribution in [1.29, 1.82) is 0 Å². The van der Waals surface area contributed by atoms with Gasteiger partial charge in [0.2, 0.25) is 0 Å². The number of carbonyl (C=O) groups is 2. The van der Waals surface area contributed by atoms with E-state index in [1.807, 2.05) is 0 Å². The molecule has 256 valence electrons. The first-order chi connectivity index (χ1) is 21.6. The van der Waals surface area contributed by atoms with E-state index < -0.39 is 6.10 Å². The summed E-state index contributed by atoms with van der Waals surface area (Å²) in [6.45, 7) is 7.54. The zero-order valence-corrected chi connectivity index (χ0v) is 29.2. The topological polar surface area (TPSA) is 61.8 Å². The van der Waals surface area contributed by atoms with E-state index in [2.05, 4.69) is 57.2 Å². The Morgan fingerprint density at radius 3 is 1.64 bits per heavy atom. The van der Waals surface area contributed by atoms with E-state index in [-0.39, 0.29) is 25.2 Å². The molecule has 0 heterocycles. The molecule has 0 radical (unpaired) electrons. The molecule has 0 bridgehead atoms. The van der Waals surface area contributed by atoms with Gasteiger partial charge in [0.1, 0.15) is 6.61 Å². The molecule has 0 saturated carbocycles. The first kappa shape index (κ1) is 42.1. The van der Waals surface area contributed by atoms with Gasteiger partial charge in [0.25, 0.3) is 0 Å². The van der Waals surface area contributed by atoms with Gasteiger partial charge < -0.3 is 14.2 Å². The van der Waals surface area contributed by atoms with Gasteiger partial charge in [0.05, 0.1) is 6.61 Å². The second-order valence-corrected chi connectivity index (χ2v) is 12.1. The molecule has 0 spiro atoms. The third kappa shape index (κ3) is 33.0. The van der Waals surface area contributed by atoms with Crippen LogP contribution in [-0.2, 0) is 23.8 Å². The van der Waals surface area contributed by atoms with Gasteiger partial charge in [-0.05, 0) is 51.4 Å². The van der Waals surface area contributed by atoms with E-state index >= 15 is 0 Å². The van der Waals surface area contributed by atoms with Gasteiger partial charge in [-0.1, -0.05) is 147 Å². The number of rotatable bonds is 33. The number of ether oxygens (including phenoxy) is 3. The second-order valence-electron chi connectivity index (χ2n) is 12.1. The van der Waals surface area contributed by atoms with Gasteiger partial charge in [0.15, 0.2) is 6.10 Å². The monoisotopic (exact) mass is 619 g/mol. The molecule has 44 heavy (non-hydrogen) atoms. The normalized spacial score (nSPS) is 12.5. The molecule has 0 aromatic carbocycles. The SMILES string of the molecule is CC/C=C\C/C=C\C/C=C\CCCCCCCCCCOCC(COC(=O)CCCCCCC)OC(=O)CCCCCCC. The van der Waals surface area contributed by atoms with Crippen LogP contribution in [0.25, 0.3) is 0 Å². The fraction of sp³-hybridized carbons (Fsp3) is 0.795. The van der Waals surface area contributed by atoms with Crippen molar-refractivity contribution in [2.24, 2.45) is 0 Å². The maximum absolute atomic E-state index is 12.4. The van der Waals surface area contributed by atoms with Crippen molar-refractivity contribution < 1.29 is 23.8 Å². The van der Waals surface area contributed by atoms with Crippen LogP contribution < -0.4 is 0 Å². The highest BCUT2D eigenvalue weighted by Gasteiger charge is 2.17. The molecule has 1 unspecified atom stereocenters. The molecule has 0 saturated heterocycles. The highest BCUT2D eigenvalue weighted by Crippen LogP contribution is 2.12. The maximum atomic E-state index is 12.4. The molecule has 0 aliphatic carbocycles. The number of unbranched alkanes of at least 4 members (excludes halogenated alkanes) is 16. The summed E-state index contributed by atoms with van der Waals surface area (Å²) in [7, 11) is 0. The molecule has 0 rings (SSSR count). The largest absolute Gasteiger partial charge is 0.462 e. The van der Waals surface area contributed by atoms with Crippen LogP contribution in [0.15, 0.2) is 36.5 Å². The summed E-state index contributed by atoms with van der Waals surface area (Å²) in [4.78, 5) is 24.6. The highest BCUT2D eigenvalue weighted by atomic mass is 16.6. The van der Waals surface area contributed by atoms with Gasteiger partial charge in [-0.3, -0.25) is 9.59 Å². The van der Waals surface area contributed by atoms with E-state index in [1.54, 1.807) is 0 Å². The smallest absolute Gasteiger partial charge is 0.306 e. The van der Waals surface area contributed by atoms with Crippen LogP contribution in [0.2, 0.25) is 0 Å². The van der Waals surface area contributed by atoms with Gasteiger partial charge in [-0.25, -0.2) is 0 Å². The lowest BCUT2D eigenvalue weighted by Crippen LogP contribution is -2.30. The van der Waals surface area contributed by atoms with Gasteiger partial charge >= 0.3 is 11.9 Å². The molecular weight excluding hydrogens is 548 g/mol. The molecular formula is C39H70O5. The molecule has 0 aliphatic rings. The van der Waals surface area contributed by atoms with Crippen molar-refractivity contribution in [3.05, 3.63) is 36.5 Å². The minimum Gasteiger partial charge on any atom is -0.462 e. The Hall–Kier alpha value is -1.88. The average molecular weight is 619 g/mol. The lowest BCUT2D eigenvalue weighted by atomic mass is 10.1. The second kappa shape index (κ2) is 35.6. The van der Waals surface area contributed by atoms with Crippen LogP contribution in [0.4, 0.5) is 0 Å². The standard InChI is InChI=1S/C39H70O5/c1-4-7-10-13-14-15-16-17-18-19-20-21-22-23-24-25-28-31-34-42-35-37(44-39(41)33-30-27-12-9-6-3)36-43-38(40)32-29-26-11-8-5-2/h7,10,14-15,17-18,37H,4-6,8-9,11-13,16,19-36H2,1-3H3/b10-7-,15-14-,18-17-. The maximum Gasteiger partial charge on any atom is 0.306 e. The molecule has 5 nitrogen and oxygen atoms in total. The van der Waals surface area contributed by atoms with E-state index in [4.69, 9.17) is 14.2 Å². The van der Waals surface area contributed by atoms with Gasteiger partial charge in [-0.2, -0.15) is 0 Å². The summed E-state index contributed by atoms with van der Waals surface area (Å²) in [5.41, 5.74) is 0. The van der Waals surface area contributed by atoms with Crippen LogP contribution in [0, 0.1) is 0 Å². The molecule has 1 atom stereocenters. The summed E-state index contributed by atoms with van der Waals surface area (Å²) >= 11 is 0. The van der Waals surface area contributed by atoms with E-state index in [9.17, 15) is 9.59 Å². The van der Waals surface area contributed by atoms with E-state index in [0.717, 1.165) is 70.6 Å². The van der Waals surface area contributed by atoms with Crippen LogP contribution in [0.3, 0.4) is 0 Å². The number of hydrogen-bond donors (Lipinski definition) is 0. The Balaban J connectivity index is 3.98. The van der Waals surface area contributed by atoms with Gasteiger partial charge in [-0.15, -0.1) is 0 Å². The Bertz CT molecular complexity index is 711. The average Bonchev–Trinajstić information content (AvgIpc) is 3.02. The highest BCUT2D eigenvalue weighted by molar-refractivity contribution is 5.70. The summed E-state index contributed by atoms with van der Waals surface area (Å²) in [5.74, 6) is -0.428. The van der Waals surface area contributed by atoms with Crippen LogP contribution in [-0.4, -0.2) is 37.9 Å². The van der Waals surface area contributed by atoms with Crippen molar-refractivity contribution in [1.82, 2.24) is 0 Å². The zero-order valence-electron chi connectivity index (χ0n) is 29.2. The van der Waals surface area contributed by atoms with Crippen molar-refractivity contribution >= 4 is 11.9 Å². The van der Waals surface area contributed by atoms with Crippen molar-refractivity contribution in [3.8, 4) is 0 Å². The van der Waals surface area contributed by atoms with Crippen molar-refractivity contribution in [2.45, 2.75) is 181 Å². The minimum absolute atomic E-state index is 0.0825. The number of carbonyl (C=O) groups excluding carboxylic acids is 2. The molecule has 0 aromatic heterocycles. The van der Waals surface area contributed by atoms with Gasteiger partial charge in [0, 0.05) is 19.4 Å². The number of esters is 2. The minimum atomic E-state index is -0.526. The third-order valence-corrected chi connectivity index (χ3v) is 7.69. The third-order valence-electron chi connectivity index (χ3n) is 7.69. The lowest BCUT2D eigenvalue weighted by molar-refractivity contribution is -0.163. The fourth-order valence-corrected chi connectivity index (χ4v) is 4.93. The predicted molar refractivity (Wildman–Crippen MR) is 187 cm³/mol. The predicted octanol–water partition coefficient (Wildman–Crippen LogP) is 11.5. The summed E-state index contributed by atoms with van der Waals surface area (Å²) in [6, 6.07) is 0. The quantitative estimate of drug-likeness (QED) is 0.0416. The first-order valence-electron chi connectivity index (χ1n) is 18.5. The van der Waals surface area contributed by atoms with E-state index in [0.29, 0.717) is 19.4 Å². The van der Waals surface area contributed by atoms with Crippen LogP contribution >= 0.6 is 0 Å². The molecule has 0 fully saturated rings. The zero-order chi connectivity index (χ0) is 32.2. The van der Waals surface area contributed by atoms with Crippen LogP contribution in [0.1, 0.15) is 175 Å². The molecule has 5 heteroatoms. The number of allylic oxidation sites excluding steroid dienone is 6. The summed E-state index contributed by atoms with van der Waals surface area (Å²) < 4.78 is 17.0. The Kier molecular flexibility index (Phi) is 34.1. The summed E-state index contributed by atoms with van der Waals surface area (Å²) in [5, 5.41) is 0. The lowest BCUT2D eigenvalue weighted by Gasteiger charge is -2.18. The Morgan fingerprint density at radius 2 is 1.02 bits per heavy atom. The molecule has 0 aromatic rings. The van der Waals surface area contributed by atoms with Crippen molar-refractivity contribution in [2.75, 3.05) is 19.8 Å². The molecule has 0 aliphatic heterocycles. The first-order valence-corrected chi connectivity index (χ1v) is 18.5. The van der Waals surface area contributed by atoms with Crippen molar-refractivity contribution in [3.63, 3.8) is 0 Å². The Labute approximate surface area is 272 Å². The Morgan fingerprint density at radius 1 is 0.523 bits per heavy atom. The number of hydrogen-bond acceptors (Lipinski definition) is 5. The molecule has 0 amide bonds. The van der Waals surface area contributed by atoms with Crippen LogP contribution in [0.5, 0.6) is 0 Å².